The van der Waals surface area contributed by atoms with Gasteiger partial charge in [-0.3, -0.25) is 19.7 Å². The van der Waals surface area contributed by atoms with E-state index < -0.39 is 4.92 Å². The topological polar surface area (TPSA) is 92.6 Å². The molecule has 1 saturated heterocycles. The van der Waals surface area contributed by atoms with Crippen molar-refractivity contribution in [1.82, 2.24) is 5.32 Å². The van der Waals surface area contributed by atoms with Crippen LogP contribution in [0.3, 0.4) is 0 Å². The third-order valence-electron chi connectivity index (χ3n) is 3.47. The molecular formula is C13H15N3O4. The monoisotopic (exact) mass is 277 g/mol. The van der Waals surface area contributed by atoms with E-state index in [9.17, 15) is 19.7 Å². The molecule has 7 heteroatoms. The van der Waals surface area contributed by atoms with Gasteiger partial charge in [0.25, 0.3) is 5.69 Å². The number of hydrogen-bond donors (Lipinski definition) is 1. The molecule has 0 saturated carbocycles. The lowest BCUT2D eigenvalue weighted by Gasteiger charge is -2.25. The van der Waals surface area contributed by atoms with Crippen molar-refractivity contribution >= 4 is 23.6 Å². The molecule has 20 heavy (non-hydrogen) atoms. The Morgan fingerprint density at radius 3 is 2.90 bits per heavy atom. The van der Waals surface area contributed by atoms with Gasteiger partial charge in [-0.25, -0.2) is 0 Å². The molecule has 1 fully saturated rings. The molecule has 1 aromatic rings. The predicted molar refractivity (Wildman–Crippen MR) is 72.9 cm³/mol. The van der Waals surface area contributed by atoms with E-state index in [1.54, 1.807) is 13.1 Å². The summed E-state index contributed by atoms with van der Waals surface area (Å²) < 4.78 is 0. The van der Waals surface area contributed by atoms with Crippen LogP contribution in [0, 0.1) is 10.1 Å². The molecule has 1 N–H and O–H groups in total. The molecule has 0 spiro atoms. The van der Waals surface area contributed by atoms with Gasteiger partial charge in [-0.1, -0.05) is 0 Å². The van der Waals surface area contributed by atoms with E-state index in [4.69, 9.17) is 0 Å². The third kappa shape index (κ3) is 2.47. The van der Waals surface area contributed by atoms with Crippen LogP contribution >= 0.6 is 0 Å². The quantitative estimate of drug-likeness (QED) is 0.506. The number of carbonyl (C=O) groups excluding carboxylic acids is 2. The number of benzene rings is 1. The van der Waals surface area contributed by atoms with Crippen LogP contribution in [0.15, 0.2) is 18.2 Å². The van der Waals surface area contributed by atoms with Gasteiger partial charge in [0.05, 0.1) is 10.5 Å². The lowest BCUT2D eigenvalue weighted by molar-refractivity contribution is -0.385. The highest BCUT2D eigenvalue weighted by Crippen LogP contribution is 2.29. The van der Waals surface area contributed by atoms with Crippen molar-refractivity contribution in [2.45, 2.75) is 18.9 Å². The minimum Gasteiger partial charge on any atom is -0.360 e. The Bertz CT molecular complexity index is 559. The number of amides is 1. The first kappa shape index (κ1) is 14.0. The van der Waals surface area contributed by atoms with E-state index in [0.717, 1.165) is 12.8 Å². The normalized spacial score (nSPS) is 17.9. The molecule has 1 aromatic carbocycles. The van der Waals surface area contributed by atoms with Crippen LogP contribution in [0.2, 0.25) is 0 Å². The van der Waals surface area contributed by atoms with Crippen LogP contribution in [0.5, 0.6) is 0 Å². The van der Waals surface area contributed by atoms with Gasteiger partial charge in [0, 0.05) is 25.3 Å². The Hall–Kier alpha value is -2.44. The van der Waals surface area contributed by atoms with Crippen LogP contribution in [0.1, 0.15) is 23.2 Å². The van der Waals surface area contributed by atoms with Crippen LogP contribution in [-0.4, -0.2) is 36.8 Å². The number of carbonyl (C=O) groups is 2. The van der Waals surface area contributed by atoms with E-state index in [1.807, 2.05) is 4.90 Å². The number of hydrogen-bond acceptors (Lipinski definition) is 5. The van der Waals surface area contributed by atoms with Gasteiger partial charge in [0.15, 0.2) is 6.29 Å². The maximum absolute atomic E-state index is 11.8. The average molecular weight is 277 g/mol. The summed E-state index contributed by atoms with van der Waals surface area (Å²) in [7, 11) is 1.57. The number of nitrogens with zero attached hydrogens (tertiary/aromatic N) is 2. The Morgan fingerprint density at radius 1 is 1.55 bits per heavy atom. The molecule has 0 aliphatic carbocycles. The lowest BCUT2D eigenvalue weighted by atomic mass is 10.1. The smallest absolute Gasteiger partial charge is 0.280 e. The van der Waals surface area contributed by atoms with Crippen molar-refractivity contribution in [1.29, 1.82) is 0 Å². The molecule has 1 unspecified atom stereocenters. The minimum atomic E-state index is -0.590. The van der Waals surface area contributed by atoms with E-state index >= 15 is 0 Å². The first-order chi connectivity index (χ1) is 9.58. The minimum absolute atomic E-state index is 0.0232. The van der Waals surface area contributed by atoms with E-state index in [2.05, 4.69) is 5.32 Å². The Balaban J connectivity index is 2.35. The summed E-state index contributed by atoms with van der Waals surface area (Å²) in [5, 5.41) is 13.4. The summed E-state index contributed by atoms with van der Waals surface area (Å²) in [6, 6.07) is 4.05. The van der Waals surface area contributed by atoms with Crippen LogP contribution in [0.4, 0.5) is 11.4 Å². The Morgan fingerprint density at radius 2 is 2.30 bits per heavy atom. The number of nitrogens with one attached hydrogen (secondary N) is 1. The van der Waals surface area contributed by atoms with Gasteiger partial charge in [-0.15, -0.1) is 0 Å². The second kappa shape index (κ2) is 5.68. The van der Waals surface area contributed by atoms with Gasteiger partial charge in [-0.05, 0) is 25.0 Å². The van der Waals surface area contributed by atoms with Crippen LogP contribution in [-0.2, 0) is 4.79 Å². The maximum atomic E-state index is 11.8. The van der Waals surface area contributed by atoms with Crippen molar-refractivity contribution < 1.29 is 14.5 Å². The second-order valence-electron chi connectivity index (χ2n) is 4.58. The largest absolute Gasteiger partial charge is 0.360 e. The van der Waals surface area contributed by atoms with E-state index in [0.29, 0.717) is 18.5 Å². The maximum Gasteiger partial charge on any atom is 0.280 e. The molecule has 0 aromatic heterocycles. The molecule has 2 rings (SSSR count). The first-order valence-electron chi connectivity index (χ1n) is 6.30. The SMILES string of the molecule is CNC(=O)C1CCCN1c1ccc([N+](=O)[O-])c(C=O)c1. The zero-order valence-electron chi connectivity index (χ0n) is 11.0. The van der Waals surface area contributed by atoms with Crippen molar-refractivity contribution in [3.8, 4) is 0 Å². The number of nitro benzene ring substituents is 1. The van der Waals surface area contributed by atoms with Crippen molar-refractivity contribution in [2.24, 2.45) is 0 Å². The molecule has 1 amide bonds. The molecule has 1 aliphatic heterocycles. The molecule has 7 nitrogen and oxygen atoms in total. The molecular weight excluding hydrogens is 262 g/mol. The van der Waals surface area contributed by atoms with Gasteiger partial charge in [0.1, 0.15) is 6.04 Å². The van der Waals surface area contributed by atoms with Gasteiger partial charge in [0.2, 0.25) is 5.91 Å². The highest BCUT2D eigenvalue weighted by atomic mass is 16.6. The molecule has 0 bridgehead atoms. The van der Waals surface area contributed by atoms with Crippen molar-refractivity contribution in [2.75, 3.05) is 18.5 Å². The van der Waals surface area contributed by atoms with Crippen molar-refractivity contribution in [3.05, 3.63) is 33.9 Å². The van der Waals surface area contributed by atoms with Crippen LogP contribution < -0.4 is 10.2 Å². The lowest BCUT2D eigenvalue weighted by Crippen LogP contribution is -2.42. The Kier molecular flexibility index (Phi) is 3.97. The number of nitro groups is 1. The summed E-state index contributed by atoms with van der Waals surface area (Å²) in [6.07, 6.45) is 2.06. The number of anilines is 1. The fourth-order valence-corrected chi connectivity index (χ4v) is 2.50. The molecule has 0 radical (unpaired) electrons. The number of aldehydes is 1. The average Bonchev–Trinajstić information content (AvgIpc) is 2.94. The fourth-order valence-electron chi connectivity index (χ4n) is 2.50. The highest BCUT2D eigenvalue weighted by Gasteiger charge is 2.31. The number of rotatable bonds is 4. The standard InChI is InChI=1S/C13H15N3O4/c1-14-13(18)12-3-2-6-15(12)10-4-5-11(16(19)20)9(7-10)8-17/h4-5,7-8,12H,2-3,6H2,1H3,(H,14,18). The molecule has 1 atom stereocenters. The summed E-state index contributed by atoms with van der Waals surface area (Å²) in [5.41, 5.74) is 0.457. The van der Waals surface area contributed by atoms with Crippen molar-refractivity contribution in [3.63, 3.8) is 0 Å². The molecule has 106 valence electrons. The third-order valence-corrected chi connectivity index (χ3v) is 3.47. The number of likely N-dealkylation sites (N-methyl/N-ethyl adjacent to an activating group) is 1. The molecule has 1 aliphatic rings. The van der Waals surface area contributed by atoms with Gasteiger partial charge in [-0.2, -0.15) is 0 Å². The first-order valence-corrected chi connectivity index (χ1v) is 6.30. The Labute approximate surface area is 115 Å². The summed E-state index contributed by atoms with van der Waals surface area (Å²) in [4.78, 5) is 34.8. The van der Waals surface area contributed by atoms with E-state index in [1.165, 1.54) is 12.1 Å². The molecule has 1 heterocycles. The predicted octanol–water partition coefficient (Wildman–Crippen LogP) is 1.12. The van der Waals surface area contributed by atoms with Crippen LogP contribution in [0.25, 0.3) is 0 Å². The zero-order chi connectivity index (χ0) is 14.7. The summed E-state index contributed by atoms with van der Waals surface area (Å²) in [5.74, 6) is -0.0893. The zero-order valence-corrected chi connectivity index (χ0v) is 11.0. The fraction of sp³-hybridized carbons (Fsp3) is 0.385. The van der Waals surface area contributed by atoms with E-state index in [-0.39, 0.29) is 23.2 Å². The summed E-state index contributed by atoms with van der Waals surface area (Å²) >= 11 is 0. The van der Waals surface area contributed by atoms with Gasteiger partial charge >= 0.3 is 0 Å². The van der Waals surface area contributed by atoms with Gasteiger partial charge < -0.3 is 10.2 Å². The highest BCUT2D eigenvalue weighted by molar-refractivity contribution is 5.87. The summed E-state index contributed by atoms with van der Waals surface area (Å²) in [6.45, 7) is 0.689. The second-order valence-corrected chi connectivity index (χ2v) is 4.58.